The summed E-state index contributed by atoms with van der Waals surface area (Å²) < 4.78 is 1.20. The summed E-state index contributed by atoms with van der Waals surface area (Å²) in [7, 11) is 0. The van der Waals surface area contributed by atoms with Crippen molar-refractivity contribution in [1.82, 2.24) is 10.3 Å². The molecule has 2 saturated carbocycles. The Labute approximate surface area is 147 Å². The molecular weight excluding hydrogens is 316 g/mol. The Morgan fingerprint density at radius 1 is 1.33 bits per heavy atom. The van der Waals surface area contributed by atoms with Gasteiger partial charge in [0.05, 0.1) is 15.2 Å². The van der Waals surface area contributed by atoms with Crippen LogP contribution in [0.3, 0.4) is 0 Å². The van der Waals surface area contributed by atoms with Gasteiger partial charge in [-0.1, -0.05) is 32.9 Å². The number of para-hydroxylation sites is 1. The number of hydrogen-bond donors (Lipinski definition) is 1. The molecule has 1 amide bonds. The normalized spacial score (nSPS) is 30.8. The highest BCUT2D eigenvalue weighted by atomic mass is 32.1. The van der Waals surface area contributed by atoms with Crippen LogP contribution in [0.1, 0.15) is 51.5 Å². The summed E-state index contributed by atoms with van der Waals surface area (Å²) in [6.07, 6.45) is 4.99. The number of fused-ring (bicyclic) bond motifs is 3. The number of carbonyl (C=O) groups is 1. The van der Waals surface area contributed by atoms with E-state index in [1.54, 1.807) is 11.3 Å². The number of benzene rings is 1. The quantitative estimate of drug-likeness (QED) is 0.885. The number of nitrogens with zero attached hydrogens (tertiary/aromatic N) is 1. The van der Waals surface area contributed by atoms with Crippen LogP contribution in [0.25, 0.3) is 10.2 Å². The molecule has 0 spiro atoms. The Morgan fingerprint density at radius 2 is 2.12 bits per heavy atom. The molecule has 2 bridgehead atoms. The van der Waals surface area contributed by atoms with E-state index >= 15 is 0 Å². The minimum atomic E-state index is 0.184. The average molecular weight is 343 g/mol. The summed E-state index contributed by atoms with van der Waals surface area (Å²) in [5.74, 6) is 0.945. The molecule has 4 rings (SSSR count). The van der Waals surface area contributed by atoms with Crippen LogP contribution < -0.4 is 5.32 Å². The SMILES string of the molecule is CC1(C)C2CCC1(C)C(NC(=O)CCc1nc3ccccc3s1)C2. The highest BCUT2D eigenvalue weighted by Crippen LogP contribution is 2.65. The summed E-state index contributed by atoms with van der Waals surface area (Å²) in [5, 5.41) is 4.41. The van der Waals surface area contributed by atoms with Gasteiger partial charge in [0.25, 0.3) is 0 Å². The topological polar surface area (TPSA) is 42.0 Å². The van der Waals surface area contributed by atoms with Gasteiger partial charge in [-0.25, -0.2) is 4.98 Å². The van der Waals surface area contributed by atoms with Crippen LogP contribution in [0.5, 0.6) is 0 Å². The summed E-state index contributed by atoms with van der Waals surface area (Å²) in [5.41, 5.74) is 1.64. The first-order valence-electron chi connectivity index (χ1n) is 9.04. The molecule has 3 nitrogen and oxygen atoms in total. The van der Waals surface area contributed by atoms with Crippen LogP contribution in [-0.2, 0) is 11.2 Å². The zero-order chi connectivity index (χ0) is 16.9. The first-order chi connectivity index (χ1) is 11.4. The molecule has 3 atom stereocenters. The third kappa shape index (κ3) is 2.38. The molecule has 2 fully saturated rings. The Hall–Kier alpha value is -1.42. The van der Waals surface area contributed by atoms with E-state index in [1.807, 2.05) is 18.2 Å². The Morgan fingerprint density at radius 3 is 2.79 bits per heavy atom. The number of nitrogens with one attached hydrogen (secondary N) is 1. The van der Waals surface area contributed by atoms with Crippen LogP contribution in [0.4, 0.5) is 0 Å². The molecule has 24 heavy (non-hydrogen) atoms. The highest BCUT2D eigenvalue weighted by Gasteiger charge is 2.61. The van der Waals surface area contributed by atoms with E-state index < -0.39 is 0 Å². The van der Waals surface area contributed by atoms with Crippen LogP contribution in [0.15, 0.2) is 24.3 Å². The lowest BCUT2D eigenvalue weighted by molar-refractivity contribution is -0.122. The number of aromatic nitrogens is 1. The molecule has 0 radical (unpaired) electrons. The first kappa shape index (κ1) is 16.1. The molecule has 1 heterocycles. The van der Waals surface area contributed by atoms with Gasteiger partial charge in [0, 0.05) is 18.9 Å². The zero-order valence-electron chi connectivity index (χ0n) is 14.8. The Balaban J connectivity index is 1.37. The third-order valence-electron chi connectivity index (χ3n) is 7.03. The number of hydrogen-bond acceptors (Lipinski definition) is 3. The Bertz CT molecular complexity index is 748. The molecule has 2 aromatic rings. The van der Waals surface area contributed by atoms with Gasteiger partial charge in [0.15, 0.2) is 0 Å². The van der Waals surface area contributed by atoms with E-state index in [0.29, 0.717) is 17.9 Å². The van der Waals surface area contributed by atoms with E-state index in [9.17, 15) is 4.79 Å². The fourth-order valence-corrected chi connectivity index (χ4v) is 5.90. The molecule has 4 heteroatoms. The number of amides is 1. The van der Waals surface area contributed by atoms with Crippen molar-refractivity contribution in [3.8, 4) is 0 Å². The van der Waals surface area contributed by atoms with Crippen molar-refractivity contribution < 1.29 is 4.79 Å². The molecule has 0 saturated heterocycles. The van der Waals surface area contributed by atoms with Gasteiger partial charge in [-0.2, -0.15) is 0 Å². The van der Waals surface area contributed by atoms with Gasteiger partial charge in [0.1, 0.15) is 0 Å². The highest BCUT2D eigenvalue weighted by molar-refractivity contribution is 7.18. The smallest absolute Gasteiger partial charge is 0.220 e. The van der Waals surface area contributed by atoms with Gasteiger partial charge >= 0.3 is 0 Å². The van der Waals surface area contributed by atoms with Crippen molar-refractivity contribution in [3.05, 3.63) is 29.3 Å². The first-order valence-corrected chi connectivity index (χ1v) is 9.85. The number of rotatable bonds is 4. The predicted molar refractivity (Wildman–Crippen MR) is 99.1 cm³/mol. The summed E-state index contributed by atoms with van der Waals surface area (Å²) in [4.78, 5) is 17.1. The second kappa shape index (κ2) is 5.55. The van der Waals surface area contributed by atoms with Gasteiger partial charge < -0.3 is 5.32 Å². The maximum absolute atomic E-state index is 12.5. The Kier molecular flexibility index (Phi) is 3.72. The number of carbonyl (C=O) groups excluding carboxylic acids is 1. The third-order valence-corrected chi connectivity index (χ3v) is 8.13. The summed E-state index contributed by atoms with van der Waals surface area (Å²) in [6.45, 7) is 7.15. The largest absolute Gasteiger partial charge is 0.353 e. The zero-order valence-corrected chi connectivity index (χ0v) is 15.6. The van der Waals surface area contributed by atoms with Crippen LogP contribution in [0.2, 0.25) is 0 Å². The van der Waals surface area contributed by atoms with Gasteiger partial charge in [-0.05, 0) is 48.1 Å². The van der Waals surface area contributed by atoms with E-state index in [-0.39, 0.29) is 11.3 Å². The van der Waals surface area contributed by atoms with Gasteiger partial charge in [0.2, 0.25) is 5.91 Å². The van der Waals surface area contributed by atoms with Crippen molar-refractivity contribution in [2.45, 2.75) is 58.9 Å². The fourth-order valence-electron chi connectivity index (χ4n) is 4.94. The number of thiazole rings is 1. The minimum absolute atomic E-state index is 0.184. The van der Waals surface area contributed by atoms with Crippen LogP contribution in [0, 0.1) is 16.7 Å². The van der Waals surface area contributed by atoms with E-state index in [4.69, 9.17) is 0 Å². The summed E-state index contributed by atoms with van der Waals surface area (Å²) >= 11 is 1.70. The lowest BCUT2D eigenvalue weighted by atomic mass is 9.69. The molecule has 2 aliphatic carbocycles. The predicted octanol–water partition coefficient (Wildman–Crippen LogP) is 4.56. The molecule has 1 N–H and O–H groups in total. The second-order valence-electron chi connectivity index (χ2n) is 8.31. The lowest BCUT2D eigenvalue weighted by Gasteiger charge is -2.39. The molecule has 1 aromatic carbocycles. The molecule has 2 aliphatic rings. The van der Waals surface area contributed by atoms with Crippen molar-refractivity contribution in [1.29, 1.82) is 0 Å². The maximum atomic E-state index is 12.5. The molecule has 3 unspecified atom stereocenters. The minimum Gasteiger partial charge on any atom is -0.353 e. The summed E-state index contributed by atoms with van der Waals surface area (Å²) in [6, 6.07) is 8.52. The maximum Gasteiger partial charge on any atom is 0.220 e. The fraction of sp³-hybridized carbons (Fsp3) is 0.600. The van der Waals surface area contributed by atoms with Crippen molar-refractivity contribution in [2.75, 3.05) is 0 Å². The van der Waals surface area contributed by atoms with Crippen molar-refractivity contribution >= 4 is 27.5 Å². The molecule has 128 valence electrons. The van der Waals surface area contributed by atoms with E-state index in [2.05, 4.69) is 37.1 Å². The van der Waals surface area contributed by atoms with Crippen molar-refractivity contribution in [3.63, 3.8) is 0 Å². The lowest BCUT2D eigenvalue weighted by Crippen LogP contribution is -2.46. The molecular formula is C20H26N2OS. The van der Waals surface area contributed by atoms with Crippen LogP contribution >= 0.6 is 11.3 Å². The second-order valence-corrected chi connectivity index (χ2v) is 9.42. The monoisotopic (exact) mass is 342 g/mol. The number of aryl methyl sites for hydroxylation is 1. The average Bonchev–Trinajstić information content (AvgIpc) is 3.11. The van der Waals surface area contributed by atoms with Crippen molar-refractivity contribution in [2.24, 2.45) is 16.7 Å². The van der Waals surface area contributed by atoms with Gasteiger partial charge in [-0.3, -0.25) is 4.79 Å². The molecule has 1 aromatic heterocycles. The van der Waals surface area contributed by atoms with Gasteiger partial charge in [-0.15, -0.1) is 11.3 Å². The van der Waals surface area contributed by atoms with Crippen LogP contribution in [-0.4, -0.2) is 16.9 Å². The van der Waals surface area contributed by atoms with E-state index in [1.165, 1.54) is 17.5 Å². The standard InChI is InChI=1S/C20H26N2OS/c1-19(2)13-10-11-20(19,3)16(12-13)22-17(23)8-9-18-21-14-6-4-5-7-15(14)24-18/h4-7,13,16H,8-12H2,1-3H3,(H,22,23). The van der Waals surface area contributed by atoms with E-state index in [0.717, 1.165) is 29.3 Å². The molecule has 0 aliphatic heterocycles.